The van der Waals surface area contributed by atoms with Crippen LogP contribution in [-0.2, 0) is 14.3 Å². The Morgan fingerprint density at radius 3 is 2.48 bits per heavy atom. The summed E-state index contributed by atoms with van der Waals surface area (Å²) < 4.78 is 40.0. The average molecular weight is 606 g/mol. The van der Waals surface area contributed by atoms with Crippen LogP contribution < -0.4 is 20.7 Å². The van der Waals surface area contributed by atoms with Crippen LogP contribution in [-0.4, -0.2) is 77.0 Å². The molecule has 2 aromatic heterocycles. The standard InChI is InChI=1S/C30H29F2N7O5/c31-18-1-3-19(4-2-18)39(29(42)30(7-8-30)28(33)41)20-5-6-22(32)24(15-20)44-27-21-16-23(37-25(21)35-17-36-27)26(40)34-9-10-38-11-13-43-14-12-38/h1-6,15-17H,7-14H2,(H2,33,41)(H,34,40)(H,35,36,37). The number of carbonyl (C=O) groups is 3. The number of aromatic amines is 1. The van der Waals surface area contributed by atoms with E-state index in [9.17, 15) is 18.8 Å². The number of nitrogens with zero attached hydrogens (tertiary/aromatic N) is 4. The third-order valence-corrected chi connectivity index (χ3v) is 7.75. The molecule has 12 nitrogen and oxygen atoms in total. The Hall–Kier alpha value is -4.95. The SMILES string of the molecule is NC(=O)C1(C(=O)N(c2ccc(F)cc2)c2ccc(F)c(Oc3ncnc4[nH]c(C(=O)NCCN5CCOCC5)cc34)c2)CC1. The molecular formula is C30H29F2N7O5. The number of hydrogen-bond acceptors (Lipinski definition) is 8. The molecule has 0 bridgehead atoms. The van der Waals surface area contributed by atoms with Crippen molar-refractivity contribution in [2.24, 2.45) is 11.1 Å². The fraction of sp³-hybridized carbons (Fsp3) is 0.300. The largest absolute Gasteiger partial charge is 0.435 e. The van der Waals surface area contributed by atoms with Crippen LogP contribution in [0, 0.1) is 17.0 Å². The Bertz CT molecular complexity index is 1720. The normalized spacial score (nSPS) is 16.0. The second-order valence-corrected chi connectivity index (χ2v) is 10.6. The molecule has 2 fully saturated rings. The number of nitrogens with one attached hydrogen (secondary N) is 2. The van der Waals surface area contributed by atoms with Crippen LogP contribution in [0.5, 0.6) is 11.6 Å². The van der Waals surface area contributed by atoms with E-state index in [-0.39, 0.29) is 47.4 Å². The minimum Gasteiger partial charge on any atom is -0.435 e. The molecule has 0 atom stereocenters. The van der Waals surface area contributed by atoms with Crippen molar-refractivity contribution in [3.63, 3.8) is 0 Å². The molecule has 2 aliphatic rings. The summed E-state index contributed by atoms with van der Waals surface area (Å²) in [4.78, 5) is 53.3. The highest BCUT2D eigenvalue weighted by molar-refractivity contribution is 6.16. The fourth-order valence-electron chi connectivity index (χ4n) is 5.06. The number of aromatic nitrogens is 3. The summed E-state index contributed by atoms with van der Waals surface area (Å²) in [5.74, 6) is -3.36. The number of ether oxygens (including phenoxy) is 2. The number of H-pyrrole nitrogens is 1. The first-order valence-corrected chi connectivity index (χ1v) is 14.0. The first-order valence-electron chi connectivity index (χ1n) is 14.0. The molecule has 0 spiro atoms. The quantitative estimate of drug-likeness (QED) is 0.233. The molecule has 44 heavy (non-hydrogen) atoms. The Kier molecular flexibility index (Phi) is 7.93. The highest BCUT2D eigenvalue weighted by atomic mass is 19.1. The van der Waals surface area contributed by atoms with E-state index in [0.29, 0.717) is 37.3 Å². The van der Waals surface area contributed by atoms with Gasteiger partial charge in [-0.3, -0.25) is 24.2 Å². The van der Waals surface area contributed by atoms with E-state index in [2.05, 4.69) is 25.2 Å². The number of amides is 3. The zero-order chi connectivity index (χ0) is 30.8. The number of primary amides is 1. The van der Waals surface area contributed by atoms with Crippen molar-refractivity contribution in [2.45, 2.75) is 12.8 Å². The molecule has 3 amide bonds. The van der Waals surface area contributed by atoms with Crippen molar-refractivity contribution in [1.29, 1.82) is 0 Å². The summed E-state index contributed by atoms with van der Waals surface area (Å²) >= 11 is 0. The first-order chi connectivity index (χ1) is 21.2. The van der Waals surface area contributed by atoms with Gasteiger partial charge < -0.3 is 25.5 Å². The molecule has 0 unspecified atom stereocenters. The van der Waals surface area contributed by atoms with Crippen LogP contribution in [0.15, 0.2) is 54.9 Å². The predicted octanol–water partition coefficient (Wildman–Crippen LogP) is 3.02. The number of fused-ring (bicyclic) bond motifs is 1. The summed E-state index contributed by atoms with van der Waals surface area (Å²) in [6.07, 6.45) is 1.73. The van der Waals surface area contributed by atoms with Crippen LogP contribution in [0.25, 0.3) is 11.0 Å². The lowest BCUT2D eigenvalue weighted by Crippen LogP contribution is -2.41. The van der Waals surface area contributed by atoms with Crippen LogP contribution in [0.2, 0.25) is 0 Å². The number of benzene rings is 2. The van der Waals surface area contributed by atoms with E-state index < -0.39 is 28.9 Å². The Morgan fingerprint density at radius 1 is 1.05 bits per heavy atom. The predicted molar refractivity (Wildman–Crippen MR) is 154 cm³/mol. The molecule has 4 aromatic rings. The number of morpholine rings is 1. The van der Waals surface area contributed by atoms with Crippen LogP contribution in [0.1, 0.15) is 23.3 Å². The summed E-state index contributed by atoms with van der Waals surface area (Å²) in [7, 11) is 0. The zero-order valence-electron chi connectivity index (χ0n) is 23.5. The second kappa shape index (κ2) is 12.0. The molecule has 2 aromatic carbocycles. The molecule has 4 N–H and O–H groups in total. The van der Waals surface area contributed by atoms with Gasteiger partial charge >= 0.3 is 0 Å². The van der Waals surface area contributed by atoms with Crippen LogP contribution >= 0.6 is 0 Å². The molecule has 1 saturated carbocycles. The van der Waals surface area contributed by atoms with Crippen molar-refractivity contribution in [3.05, 3.63) is 72.2 Å². The maximum Gasteiger partial charge on any atom is 0.267 e. The van der Waals surface area contributed by atoms with Gasteiger partial charge in [-0.15, -0.1) is 0 Å². The number of halogens is 2. The van der Waals surface area contributed by atoms with Crippen molar-refractivity contribution < 1.29 is 32.6 Å². The minimum absolute atomic E-state index is 0.0369. The highest BCUT2D eigenvalue weighted by Crippen LogP contribution is 2.49. The third-order valence-electron chi connectivity index (χ3n) is 7.75. The van der Waals surface area contributed by atoms with Crippen molar-refractivity contribution in [1.82, 2.24) is 25.2 Å². The smallest absolute Gasteiger partial charge is 0.267 e. The van der Waals surface area contributed by atoms with Gasteiger partial charge in [0.05, 0.1) is 24.3 Å². The van der Waals surface area contributed by atoms with Crippen molar-refractivity contribution in [3.8, 4) is 11.6 Å². The molecular weight excluding hydrogens is 576 g/mol. The Balaban J connectivity index is 1.26. The van der Waals surface area contributed by atoms with E-state index >= 15 is 4.39 Å². The van der Waals surface area contributed by atoms with E-state index in [0.717, 1.165) is 19.2 Å². The minimum atomic E-state index is -1.41. The van der Waals surface area contributed by atoms with Gasteiger partial charge in [0, 0.05) is 37.9 Å². The van der Waals surface area contributed by atoms with Gasteiger partial charge in [-0.25, -0.2) is 18.7 Å². The van der Waals surface area contributed by atoms with Gasteiger partial charge in [-0.2, -0.15) is 0 Å². The van der Waals surface area contributed by atoms with Crippen molar-refractivity contribution >= 4 is 40.1 Å². The Morgan fingerprint density at radius 2 is 1.77 bits per heavy atom. The number of rotatable bonds is 10. The topological polar surface area (TPSA) is 156 Å². The van der Waals surface area contributed by atoms with Gasteiger partial charge in [0.15, 0.2) is 11.6 Å². The highest BCUT2D eigenvalue weighted by Gasteiger charge is 2.57. The third kappa shape index (κ3) is 5.81. The van der Waals surface area contributed by atoms with E-state index in [1.54, 1.807) is 0 Å². The van der Waals surface area contributed by atoms with Crippen LogP contribution in [0.3, 0.4) is 0 Å². The van der Waals surface area contributed by atoms with E-state index in [4.69, 9.17) is 15.2 Å². The van der Waals surface area contributed by atoms with E-state index in [1.807, 2.05) is 0 Å². The maximum atomic E-state index is 15.1. The van der Waals surface area contributed by atoms with Gasteiger partial charge in [-0.05, 0) is 55.3 Å². The van der Waals surface area contributed by atoms with Crippen molar-refractivity contribution in [2.75, 3.05) is 44.3 Å². The zero-order valence-corrected chi connectivity index (χ0v) is 23.5. The second-order valence-electron chi connectivity index (χ2n) is 10.6. The lowest BCUT2D eigenvalue weighted by Gasteiger charge is -2.27. The number of carbonyl (C=O) groups excluding carboxylic acids is 3. The lowest BCUT2D eigenvalue weighted by atomic mass is 10.0. The summed E-state index contributed by atoms with van der Waals surface area (Å²) in [5, 5.41) is 3.19. The Labute approximate surface area is 250 Å². The average Bonchev–Trinajstić information content (AvgIpc) is 3.73. The summed E-state index contributed by atoms with van der Waals surface area (Å²) in [6, 6.07) is 10.3. The summed E-state index contributed by atoms with van der Waals surface area (Å²) in [6.45, 7) is 4.04. The fourth-order valence-corrected chi connectivity index (χ4v) is 5.06. The molecule has 228 valence electrons. The first kappa shape index (κ1) is 29.1. The molecule has 14 heteroatoms. The van der Waals surface area contributed by atoms with Gasteiger partial charge in [0.1, 0.15) is 28.9 Å². The monoisotopic (exact) mass is 605 g/mol. The number of nitrogens with two attached hydrogens (primary N) is 1. The van der Waals surface area contributed by atoms with Gasteiger partial charge in [0.25, 0.3) is 5.91 Å². The number of hydrogen-bond donors (Lipinski definition) is 3. The maximum absolute atomic E-state index is 15.1. The van der Waals surface area contributed by atoms with Crippen LogP contribution in [0.4, 0.5) is 20.2 Å². The van der Waals surface area contributed by atoms with Gasteiger partial charge in [-0.1, -0.05) is 0 Å². The lowest BCUT2D eigenvalue weighted by molar-refractivity contribution is -0.133. The molecule has 1 aliphatic heterocycles. The molecule has 0 radical (unpaired) electrons. The van der Waals surface area contributed by atoms with E-state index in [1.165, 1.54) is 53.7 Å². The number of anilines is 2. The van der Waals surface area contributed by atoms with Gasteiger partial charge in [0.2, 0.25) is 17.7 Å². The summed E-state index contributed by atoms with van der Waals surface area (Å²) in [5.41, 5.74) is 5.07. The molecule has 3 heterocycles. The molecule has 1 aliphatic carbocycles. The molecule has 6 rings (SSSR count). The molecule has 1 saturated heterocycles.